The predicted molar refractivity (Wildman–Crippen MR) is 90.7 cm³/mol. The Balaban J connectivity index is 1.70. The molecule has 1 fully saturated rings. The maximum atomic E-state index is 12.8. The van der Waals surface area contributed by atoms with Gasteiger partial charge in [0.1, 0.15) is 10.6 Å². The summed E-state index contributed by atoms with van der Waals surface area (Å²) in [5.41, 5.74) is 0.957. The number of aromatic nitrogens is 3. The van der Waals surface area contributed by atoms with Gasteiger partial charge in [0.15, 0.2) is 5.76 Å². The molecule has 0 N–H and O–H groups in total. The molecule has 0 amide bonds. The van der Waals surface area contributed by atoms with E-state index < -0.39 is 10.0 Å². The Kier molecular flexibility index (Phi) is 4.79. The third kappa shape index (κ3) is 3.38. The Morgan fingerprint density at radius 1 is 1.24 bits per heavy atom. The Bertz CT molecular complexity index is 904. The van der Waals surface area contributed by atoms with E-state index >= 15 is 0 Å². The maximum Gasteiger partial charge on any atom is 0.256 e. The van der Waals surface area contributed by atoms with Crippen molar-refractivity contribution in [1.82, 2.24) is 19.0 Å². The van der Waals surface area contributed by atoms with Crippen LogP contribution in [0.3, 0.4) is 0 Å². The van der Waals surface area contributed by atoms with Crippen molar-refractivity contribution in [1.29, 1.82) is 0 Å². The molecule has 0 spiro atoms. The van der Waals surface area contributed by atoms with Crippen LogP contribution in [-0.2, 0) is 16.6 Å². The van der Waals surface area contributed by atoms with Crippen LogP contribution in [0.15, 0.2) is 26.7 Å². The van der Waals surface area contributed by atoms with Crippen molar-refractivity contribution in [3.05, 3.63) is 39.9 Å². The van der Waals surface area contributed by atoms with Crippen molar-refractivity contribution in [3.8, 4) is 0 Å². The number of hydrogen-bond acceptors (Lipinski definition) is 6. The number of sulfonamides is 1. The molecule has 0 atom stereocenters. The van der Waals surface area contributed by atoms with Gasteiger partial charge < -0.3 is 4.52 Å². The fourth-order valence-electron chi connectivity index (χ4n) is 3.27. The second-order valence-electron chi connectivity index (χ2n) is 6.53. The molecule has 0 aliphatic carbocycles. The zero-order chi connectivity index (χ0) is 18.2. The molecule has 25 heavy (non-hydrogen) atoms. The lowest BCUT2D eigenvalue weighted by Gasteiger charge is -2.31. The first-order valence-electron chi connectivity index (χ1n) is 8.24. The number of aryl methyl sites for hydroxylation is 3. The van der Waals surface area contributed by atoms with Gasteiger partial charge in [-0.15, -0.1) is 0 Å². The highest BCUT2D eigenvalue weighted by Crippen LogP contribution is 2.28. The maximum absolute atomic E-state index is 12.8. The van der Waals surface area contributed by atoms with Gasteiger partial charge in [-0.1, -0.05) is 5.16 Å². The minimum Gasteiger partial charge on any atom is -0.360 e. The summed E-state index contributed by atoms with van der Waals surface area (Å²) in [6, 6.07) is 0. The van der Waals surface area contributed by atoms with Crippen LogP contribution in [0.2, 0.25) is 0 Å². The molecule has 2 aromatic heterocycles. The summed E-state index contributed by atoms with van der Waals surface area (Å²) in [6.07, 6.45) is 4.49. The van der Waals surface area contributed by atoms with Gasteiger partial charge in [-0.25, -0.2) is 13.4 Å². The number of piperidine rings is 1. The fraction of sp³-hybridized carbons (Fsp3) is 0.562. The van der Waals surface area contributed by atoms with Crippen molar-refractivity contribution >= 4 is 10.0 Å². The van der Waals surface area contributed by atoms with Gasteiger partial charge >= 0.3 is 0 Å². The number of nitrogens with zero attached hydrogens (tertiary/aromatic N) is 4. The molecule has 3 heterocycles. The highest BCUT2D eigenvalue weighted by atomic mass is 32.2. The predicted octanol–water partition coefficient (Wildman–Crippen LogP) is 1.26. The summed E-state index contributed by atoms with van der Waals surface area (Å²) >= 11 is 0. The molecule has 0 saturated carbocycles. The summed E-state index contributed by atoms with van der Waals surface area (Å²) in [7, 11) is -3.60. The topological polar surface area (TPSA) is 98.3 Å². The van der Waals surface area contributed by atoms with E-state index in [1.165, 1.54) is 4.31 Å². The van der Waals surface area contributed by atoms with Crippen LogP contribution in [-0.4, -0.2) is 40.5 Å². The first-order chi connectivity index (χ1) is 11.8. The van der Waals surface area contributed by atoms with E-state index in [1.54, 1.807) is 37.9 Å². The molecule has 0 unspecified atom stereocenters. The monoisotopic (exact) mass is 366 g/mol. The largest absolute Gasteiger partial charge is 0.360 e. The number of hydrogen-bond donors (Lipinski definition) is 0. The number of rotatable bonds is 4. The van der Waals surface area contributed by atoms with Crippen molar-refractivity contribution in [2.24, 2.45) is 5.92 Å². The van der Waals surface area contributed by atoms with E-state index in [4.69, 9.17) is 4.52 Å². The second-order valence-corrected chi connectivity index (χ2v) is 8.41. The summed E-state index contributed by atoms with van der Waals surface area (Å²) in [6.45, 7) is 6.39. The molecule has 3 rings (SSSR count). The highest BCUT2D eigenvalue weighted by Gasteiger charge is 2.33. The lowest BCUT2D eigenvalue weighted by molar-refractivity contribution is 0.250. The van der Waals surface area contributed by atoms with Gasteiger partial charge in [-0.05, 0) is 39.5 Å². The highest BCUT2D eigenvalue weighted by molar-refractivity contribution is 7.89. The molecular formula is C16H22N4O4S. The van der Waals surface area contributed by atoms with Gasteiger partial charge in [-0.2, -0.15) is 4.31 Å². The molecule has 9 heteroatoms. The Morgan fingerprint density at radius 3 is 2.52 bits per heavy atom. The van der Waals surface area contributed by atoms with Crippen LogP contribution in [0.4, 0.5) is 0 Å². The van der Waals surface area contributed by atoms with Gasteiger partial charge in [0, 0.05) is 31.4 Å². The van der Waals surface area contributed by atoms with Crippen LogP contribution < -0.4 is 5.56 Å². The Hall–Kier alpha value is -2.00. The van der Waals surface area contributed by atoms with Gasteiger partial charge in [0.05, 0.1) is 6.33 Å². The molecule has 2 aromatic rings. The SMILES string of the molecule is Cc1noc(C)c1S(=O)(=O)N1CCC(Cn2cncc(C)c2=O)CC1. The fourth-order valence-corrected chi connectivity index (χ4v) is 5.03. The molecule has 8 nitrogen and oxygen atoms in total. The van der Waals surface area contributed by atoms with Crippen LogP contribution in [0.5, 0.6) is 0 Å². The molecule has 1 saturated heterocycles. The Labute approximate surface area is 146 Å². The molecule has 0 radical (unpaired) electrons. The van der Waals surface area contributed by atoms with Crippen molar-refractivity contribution < 1.29 is 12.9 Å². The van der Waals surface area contributed by atoms with Crippen molar-refractivity contribution in [2.45, 2.75) is 45.1 Å². The standard InChI is InChI=1S/C16H22N4O4S/c1-11-8-17-10-19(16(11)21)9-14-4-6-20(7-5-14)25(22,23)15-12(2)18-24-13(15)3/h8,10,14H,4-7,9H2,1-3H3. The van der Waals surface area contributed by atoms with E-state index in [0.717, 1.165) is 0 Å². The average molecular weight is 366 g/mol. The van der Waals surface area contributed by atoms with E-state index in [-0.39, 0.29) is 16.4 Å². The lowest BCUT2D eigenvalue weighted by atomic mass is 9.98. The Morgan fingerprint density at radius 2 is 1.92 bits per heavy atom. The van der Waals surface area contributed by atoms with E-state index in [1.807, 2.05) is 0 Å². The first kappa shape index (κ1) is 17.8. The van der Waals surface area contributed by atoms with E-state index in [2.05, 4.69) is 10.1 Å². The normalized spacial score (nSPS) is 17.1. The first-order valence-corrected chi connectivity index (χ1v) is 9.68. The summed E-state index contributed by atoms with van der Waals surface area (Å²) in [4.78, 5) is 16.3. The van der Waals surface area contributed by atoms with Crippen LogP contribution in [0.1, 0.15) is 29.9 Å². The van der Waals surface area contributed by atoms with E-state index in [0.29, 0.717) is 49.5 Å². The minimum atomic E-state index is -3.60. The van der Waals surface area contributed by atoms with Gasteiger partial charge in [0.2, 0.25) is 10.0 Å². The van der Waals surface area contributed by atoms with Crippen LogP contribution in [0.25, 0.3) is 0 Å². The average Bonchev–Trinajstić information content (AvgIpc) is 2.92. The summed E-state index contributed by atoms with van der Waals surface area (Å²) < 4.78 is 33.7. The second kappa shape index (κ2) is 6.72. The summed E-state index contributed by atoms with van der Waals surface area (Å²) in [5.74, 6) is 0.564. The van der Waals surface area contributed by atoms with Gasteiger partial charge in [0.25, 0.3) is 5.56 Å². The smallest absolute Gasteiger partial charge is 0.256 e. The van der Waals surface area contributed by atoms with E-state index in [9.17, 15) is 13.2 Å². The summed E-state index contributed by atoms with van der Waals surface area (Å²) in [5, 5.41) is 3.74. The van der Waals surface area contributed by atoms with Gasteiger partial charge in [-0.3, -0.25) is 9.36 Å². The molecule has 136 valence electrons. The van der Waals surface area contributed by atoms with Crippen molar-refractivity contribution in [2.75, 3.05) is 13.1 Å². The molecule has 1 aliphatic rings. The minimum absolute atomic E-state index is 0.0410. The molecule has 1 aliphatic heterocycles. The zero-order valence-corrected chi connectivity index (χ0v) is 15.4. The van der Waals surface area contributed by atoms with Crippen molar-refractivity contribution in [3.63, 3.8) is 0 Å². The zero-order valence-electron chi connectivity index (χ0n) is 14.6. The third-order valence-corrected chi connectivity index (χ3v) is 6.81. The quantitative estimate of drug-likeness (QED) is 0.808. The van der Waals surface area contributed by atoms with Crippen LogP contribution >= 0.6 is 0 Å². The molecular weight excluding hydrogens is 344 g/mol. The molecule has 0 bridgehead atoms. The van der Waals surface area contributed by atoms with Crippen LogP contribution in [0, 0.1) is 26.7 Å². The molecule has 0 aromatic carbocycles. The third-order valence-electron chi connectivity index (χ3n) is 4.67. The lowest BCUT2D eigenvalue weighted by Crippen LogP contribution is -2.40.